The smallest absolute Gasteiger partial charge is 0.354 e. The molecule has 76 valence electrons. The molecule has 0 saturated carbocycles. The molecule has 0 aliphatic rings. The van der Waals surface area contributed by atoms with Gasteiger partial charge < -0.3 is 14.9 Å². The molecule has 0 bridgehead atoms. The molecule has 0 heterocycles. The summed E-state index contributed by atoms with van der Waals surface area (Å²) in [5.74, 6) is -0.826. The van der Waals surface area contributed by atoms with Crippen LogP contribution in [0, 0.1) is 0 Å². The standard InChI is InChI=1S/C9H11O4P/c10-6-9(14,8(11)12)13-7-4-2-1-3-5-7/h1-5,10H,6,14H2,(H,11,12). The fraction of sp³-hybridized carbons (Fsp3) is 0.222. The third-order valence-corrected chi connectivity index (χ3v) is 2.19. The first-order valence-electron chi connectivity index (χ1n) is 3.96. The lowest BCUT2D eigenvalue weighted by molar-refractivity contribution is -0.149. The van der Waals surface area contributed by atoms with E-state index < -0.39 is 17.9 Å². The van der Waals surface area contributed by atoms with Crippen LogP contribution in [0.15, 0.2) is 30.3 Å². The number of carboxylic acid groups (broad SMARTS) is 1. The maximum absolute atomic E-state index is 10.8. The van der Waals surface area contributed by atoms with E-state index in [2.05, 4.69) is 0 Å². The van der Waals surface area contributed by atoms with Crippen LogP contribution in [-0.2, 0) is 4.79 Å². The largest absolute Gasteiger partial charge is 0.478 e. The summed E-state index contributed by atoms with van der Waals surface area (Å²) in [6.45, 7) is -0.609. The Hall–Kier alpha value is -1.12. The van der Waals surface area contributed by atoms with E-state index in [1.54, 1.807) is 30.3 Å². The van der Waals surface area contributed by atoms with Crippen molar-refractivity contribution in [3.05, 3.63) is 30.3 Å². The lowest BCUT2D eigenvalue weighted by Crippen LogP contribution is -2.41. The molecule has 0 amide bonds. The summed E-state index contributed by atoms with van der Waals surface area (Å²) in [7, 11) is 1.98. The van der Waals surface area contributed by atoms with Crippen molar-refractivity contribution in [2.45, 2.75) is 5.34 Å². The maximum Gasteiger partial charge on any atom is 0.354 e. The number of rotatable bonds is 4. The Bertz CT molecular complexity index is 314. The van der Waals surface area contributed by atoms with Crippen LogP contribution in [0.5, 0.6) is 5.75 Å². The van der Waals surface area contributed by atoms with Crippen LogP contribution in [0.4, 0.5) is 0 Å². The molecule has 0 aromatic heterocycles. The predicted molar refractivity (Wildman–Crippen MR) is 54.2 cm³/mol. The number of ether oxygens (including phenoxy) is 1. The molecule has 0 saturated heterocycles. The number of benzene rings is 1. The molecule has 0 spiro atoms. The van der Waals surface area contributed by atoms with Crippen molar-refractivity contribution in [2.75, 3.05) is 6.61 Å². The Morgan fingerprint density at radius 2 is 2.00 bits per heavy atom. The lowest BCUT2D eigenvalue weighted by atomic mass is 10.3. The summed E-state index contributed by atoms with van der Waals surface area (Å²) in [4.78, 5) is 10.8. The fourth-order valence-corrected chi connectivity index (χ4v) is 0.978. The first kappa shape index (κ1) is 11.0. The van der Waals surface area contributed by atoms with Crippen LogP contribution in [0.25, 0.3) is 0 Å². The summed E-state index contributed by atoms with van der Waals surface area (Å²) in [5.41, 5.74) is 0. The highest BCUT2D eigenvalue weighted by Gasteiger charge is 2.35. The van der Waals surface area contributed by atoms with Crippen molar-refractivity contribution in [2.24, 2.45) is 0 Å². The third kappa shape index (κ3) is 2.44. The van der Waals surface area contributed by atoms with Gasteiger partial charge in [-0.3, -0.25) is 0 Å². The quantitative estimate of drug-likeness (QED) is 0.724. The predicted octanol–water partition coefficient (Wildman–Crippen LogP) is 0.714. The number of hydrogen-bond acceptors (Lipinski definition) is 3. The molecule has 14 heavy (non-hydrogen) atoms. The first-order valence-corrected chi connectivity index (χ1v) is 4.53. The Morgan fingerprint density at radius 1 is 1.43 bits per heavy atom. The minimum atomic E-state index is -1.67. The van der Waals surface area contributed by atoms with Gasteiger partial charge in [0, 0.05) is 0 Å². The van der Waals surface area contributed by atoms with Crippen LogP contribution >= 0.6 is 9.24 Å². The monoisotopic (exact) mass is 214 g/mol. The van der Waals surface area contributed by atoms with Gasteiger partial charge in [0.2, 0.25) is 5.34 Å². The van der Waals surface area contributed by atoms with Crippen molar-refractivity contribution in [3.8, 4) is 5.75 Å². The van der Waals surface area contributed by atoms with Crippen molar-refractivity contribution in [1.29, 1.82) is 0 Å². The minimum absolute atomic E-state index is 0.402. The number of aliphatic carboxylic acids is 1. The Kier molecular flexibility index (Phi) is 3.44. The molecular formula is C9H11O4P. The van der Waals surface area contributed by atoms with E-state index in [-0.39, 0.29) is 0 Å². The average Bonchev–Trinajstić information content (AvgIpc) is 2.19. The molecule has 1 aromatic rings. The number of aliphatic hydroxyl groups is 1. The summed E-state index contributed by atoms with van der Waals surface area (Å²) in [5, 5.41) is 16.0. The zero-order chi connectivity index (χ0) is 10.6. The molecule has 2 N–H and O–H groups in total. The second-order valence-electron chi connectivity index (χ2n) is 2.77. The normalized spacial score (nSPS) is 14.4. The molecule has 0 radical (unpaired) electrons. The van der Waals surface area contributed by atoms with Gasteiger partial charge in [-0.05, 0) is 12.1 Å². The van der Waals surface area contributed by atoms with Gasteiger partial charge in [0.25, 0.3) is 0 Å². The highest BCUT2D eigenvalue weighted by molar-refractivity contribution is 7.20. The van der Waals surface area contributed by atoms with E-state index in [9.17, 15) is 4.79 Å². The number of carboxylic acids is 1. The fourth-order valence-electron chi connectivity index (χ4n) is 0.842. The third-order valence-electron chi connectivity index (χ3n) is 1.64. The molecule has 4 nitrogen and oxygen atoms in total. The average molecular weight is 214 g/mol. The van der Waals surface area contributed by atoms with Crippen molar-refractivity contribution in [1.82, 2.24) is 0 Å². The van der Waals surface area contributed by atoms with Gasteiger partial charge in [-0.1, -0.05) is 27.4 Å². The van der Waals surface area contributed by atoms with Crippen molar-refractivity contribution in [3.63, 3.8) is 0 Å². The molecule has 5 heteroatoms. The van der Waals surface area contributed by atoms with Gasteiger partial charge in [-0.25, -0.2) is 4.79 Å². The van der Waals surface area contributed by atoms with Gasteiger partial charge >= 0.3 is 5.97 Å². The summed E-state index contributed by atoms with van der Waals surface area (Å²) < 4.78 is 5.13. The molecule has 0 fully saturated rings. The van der Waals surface area contributed by atoms with E-state index in [0.29, 0.717) is 5.75 Å². The highest BCUT2D eigenvalue weighted by atomic mass is 31.0. The Labute approximate surface area is 83.7 Å². The molecule has 1 rings (SSSR count). The number of carbonyl (C=O) groups is 1. The molecule has 2 unspecified atom stereocenters. The van der Waals surface area contributed by atoms with E-state index >= 15 is 0 Å². The van der Waals surface area contributed by atoms with Gasteiger partial charge in [0.05, 0.1) is 6.61 Å². The van der Waals surface area contributed by atoms with Crippen LogP contribution in [0.3, 0.4) is 0 Å². The number of para-hydroxylation sites is 1. The Morgan fingerprint density at radius 3 is 2.43 bits per heavy atom. The summed E-state index contributed by atoms with van der Waals surface area (Å²) in [6, 6.07) is 8.48. The molecule has 1 aromatic carbocycles. The second kappa shape index (κ2) is 4.40. The lowest BCUT2D eigenvalue weighted by Gasteiger charge is -2.23. The molecule has 0 aliphatic heterocycles. The topological polar surface area (TPSA) is 66.8 Å². The van der Waals surface area contributed by atoms with E-state index in [4.69, 9.17) is 14.9 Å². The van der Waals surface area contributed by atoms with Crippen LogP contribution in [-0.4, -0.2) is 28.1 Å². The van der Waals surface area contributed by atoms with Gasteiger partial charge in [-0.15, -0.1) is 0 Å². The van der Waals surface area contributed by atoms with Crippen LogP contribution in [0.1, 0.15) is 0 Å². The molecular weight excluding hydrogens is 203 g/mol. The SMILES string of the molecule is O=C(O)C(P)(CO)Oc1ccccc1. The Balaban J connectivity index is 2.81. The van der Waals surface area contributed by atoms with Crippen molar-refractivity contribution >= 4 is 15.2 Å². The molecule has 2 atom stereocenters. The summed E-state index contributed by atoms with van der Waals surface area (Å²) in [6.07, 6.45) is 0. The number of aliphatic hydroxyl groups excluding tert-OH is 1. The molecule has 0 aliphatic carbocycles. The van der Waals surface area contributed by atoms with Crippen LogP contribution in [0.2, 0.25) is 0 Å². The second-order valence-corrected chi connectivity index (χ2v) is 3.70. The van der Waals surface area contributed by atoms with Gasteiger partial charge in [0.1, 0.15) is 5.75 Å². The van der Waals surface area contributed by atoms with E-state index in [0.717, 1.165) is 0 Å². The van der Waals surface area contributed by atoms with Crippen molar-refractivity contribution < 1.29 is 19.7 Å². The van der Waals surface area contributed by atoms with Crippen LogP contribution < -0.4 is 4.74 Å². The van der Waals surface area contributed by atoms with E-state index in [1.807, 2.05) is 9.24 Å². The van der Waals surface area contributed by atoms with Gasteiger partial charge in [0.15, 0.2) is 0 Å². The first-order chi connectivity index (χ1) is 6.58. The zero-order valence-corrected chi connectivity index (χ0v) is 8.54. The number of hydrogen-bond donors (Lipinski definition) is 2. The maximum atomic E-state index is 10.8. The van der Waals surface area contributed by atoms with E-state index in [1.165, 1.54) is 0 Å². The highest BCUT2D eigenvalue weighted by Crippen LogP contribution is 2.23. The summed E-state index contributed by atoms with van der Waals surface area (Å²) >= 11 is 0. The zero-order valence-electron chi connectivity index (χ0n) is 7.38. The minimum Gasteiger partial charge on any atom is -0.478 e. The van der Waals surface area contributed by atoms with Gasteiger partial charge in [-0.2, -0.15) is 0 Å².